The van der Waals surface area contributed by atoms with Crippen LogP contribution in [0.4, 0.5) is 5.13 Å². The van der Waals surface area contributed by atoms with Crippen LogP contribution in [0.5, 0.6) is 5.88 Å². The number of aromatic nitrogens is 4. The first-order valence-electron chi connectivity index (χ1n) is 6.46. The Balaban J connectivity index is 1.75. The van der Waals surface area contributed by atoms with Gasteiger partial charge in [0.1, 0.15) is 12.2 Å². The molecule has 0 unspecified atom stereocenters. The normalized spacial score (nSPS) is 10.8. The molecule has 0 saturated carbocycles. The Morgan fingerprint density at radius 2 is 2.30 bits per heavy atom. The predicted molar refractivity (Wildman–Crippen MR) is 79.4 cm³/mol. The molecule has 0 bridgehead atoms. The van der Waals surface area contributed by atoms with Gasteiger partial charge in [-0.1, -0.05) is 11.3 Å². The van der Waals surface area contributed by atoms with Crippen molar-refractivity contribution in [2.45, 2.75) is 19.4 Å². The number of anilines is 1. The minimum Gasteiger partial charge on any atom is -0.480 e. The van der Waals surface area contributed by atoms with Crippen LogP contribution in [-0.2, 0) is 13.0 Å². The topological polar surface area (TPSA) is 79.0 Å². The number of nitrogens with one attached hydrogen (secondary N) is 2. The highest BCUT2D eigenvalue weighted by molar-refractivity contribution is 7.15. The summed E-state index contributed by atoms with van der Waals surface area (Å²) < 4.78 is 5.30. The minimum atomic E-state index is 0.710. The van der Waals surface area contributed by atoms with Crippen LogP contribution in [0, 0.1) is 0 Å². The zero-order chi connectivity index (χ0) is 14.4. The Morgan fingerprint density at radius 3 is 2.95 bits per heavy atom. The fourth-order valence-electron chi connectivity index (χ4n) is 1.72. The maximum Gasteiger partial charge on any atom is 0.230 e. The Hall–Kier alpha value is -1.67. The number of aryl methyl sites for hydroxylation is 1. The SMILES string of the molecule is COc1nc(N(C)C)sc1CNCCCc1ncn[nH]1. The van der Waals surface area contributed by atoms with E-state index in [2.05, 4.69) is 25.5 Å². The Bertz CT molecular complexity index is 510. The van der Waals surface area contributed by atoms with Crippen LogP contribution in [0.3, 0.4) is 0 Å². The van der Waals surface area contributed by atoms with Crippen molar-refractivity contribution in [3.63, 3.8) is 0 Å². The molecule has 20 heavy (non-hydrogen) atoms. The van der Waals surface area contributed by atoms with Crippen LogP contribution < -0.4 is 15.0 Å². The average molecular weight is 296 g/mol. The van der Waals surface area contributed by atoms with Crippen molar-refractivity contribution in [2.24, 2.45) is 0 Å². The van der Waals surface area contributed by atoms with Crippen molar-refractivity contribution < 1.29 is 4.74 Å². The maximum atomic E-state index is 5.30. The highest BCUT2D eigenvalue weighted by Gasteiger charge is 2.12. The van der Waals surface area contributed by atoms with E-state index in [0.29, 0.717) is 5.88 Å². The van der Waals surface area contributed by atoms with Crippen molar-refractivity contribution in [3.05, 3.63) is 17.0 Å². The number of methoxy groups -OCH3 is 1. The fraction of sp³-hybridized carbons (Fsp3) is 0.583. The Morgan fingerprint density at radius 1 is 1.45 bits per heavy atom. The lowest BCUT2D eigenvalue weighted by Gasteiger charge is -2.05. The van der Waals surface area contributed by atoms with Crippen LogP contribution in [0.25, 0.3) is 0 Å². The first kappa shape index (κ1) is 14.7. The fourth-order valence-corrected chi connectivity index (χ4v) is 2.64. The van der Waals surface area contributed by atoms with E-state index in [-0.39, 0.29) is 0 Å². The van der Waals surface area contributed by atoms with Gasteiger partial charge in [0, 0.05) is 27.1 Å². The number of nitrogens with zero attached hydrogens (tertiary/aromatic N) is 4. The van der Waals surface area contributed by atoms with E-state index in [4.69, 9.17) is 4.74 Å². The molecule has 0 aliphatic heterocycles. The molecule has 0 atom stereocenters. The molecule has 2 rings (SSSR count). The molecule has 110 valence electrons. The van der Waals surface area contributed by atoms with Gasteiger partial charge in [-0.3, -0.25) is 5.10 Å². The van der Waals surface area contributed by atoms with Gasteiger partial charge >= 0.3 is 0 Å². The first-order chi connectivity index (χ1) is 9.70. The van der Waals surface area contributed by atoms with Gasteiger partial charge in [0.25, 0.3) is 0 Å². The van der Waals surface area contributed by atoms with Crippen molar-refractivity contribution in [3.8, 4) is 5.88 Å². The lowest BCUT2D eigenvalue weighted by molar-refractivity contribution is 0.394. The quantitative estimate of drug-likeness (QED) is 0.709. The van der Waals surface area contributed by atoms with Gasteiger partial charge in [0.15, 0.2) is 5.13 Å². The Kier molecular flexibility index (Phi) is 5.31. The summed E-state index contributed by atoms with van der Waals surface area (Å²) >= 11 is 1.65. The molecule has 0 aromatic carbocycles. The summed E-state index contributed by atoms with van der Waals surface area (Å²) in [6, 6.07) is 0. The maximum absolute atomic E-state index is 5.30. The summed E-state index contributed by atoms with van der Waals surface area (Å²) in [6.45, 7) is 1.68. The lowest BCUT2D eigenvalue weighted by atomic mass is 10.3. The second-order valence-electron chi connectivity index (χ2n) is 4.54. The Labute approximate surface area is 122 Å². The number of H-pyrrole nitrogens is 1. The molecular formula is C12H20N6OS. The summed E-state index contributed by atoms with van der Waals surface area (Å²) in [5.41, 5.74) is 0. The van der Waals surface area contributed by atoms with Gasteiger partial charge in [-0.05, 0) is 13.0 Å². The standard InChI is InChI=1S/C12H20N6OS/c1-18(2)12-16-11(19-3)9(20-12)7-13-6-4-5-10-14-8-15-17-10/h8,13H,4-7H2,1-3H3,(H,14,15,17). The van der Waals surface area contributed by atoms with Crippen molar-refractivity contribution in [1.29, 1.82) is 0 Å². The molecule has 2 aromatic rings. The summed E-state index contributed by atoms with van der Waals surface area (Å²) in [7, 11) is 5.61. The van der Waals surface area contributed by atoms with E-state index in [0.717, 1.165) is 41.8 Å². The van der Waals surface area contributed by atoms with Gasteiger partial charge in [-0.15, -0.1) is 0 Å². The monoisotopic (exact) mass is 296 g/mol. The van der Waals surface area contributed by atoms with Gasteiger partial charge in [-0.2, -0.15) is 10.1 Å². The van der Waals surface area contributed by atoms with E-state index in [1.807, 2.05) is 19.0 Å². The van der Waals surface area contributed by atoms with Gasteiger partial charge in [0.2, 0.25) is 5.88 Å². The van der Waals surface area contributed by atoms with E-state index in [1.54, 1.807) is 18.4 Å². The number of rotatable bonds is 8. The van der Waals surface area contributed by atoms with Crippen molar-refractivity contribution in [2.75, 3.05) is 32.6 Å². The molecule has 2 heterocycles. The van der Waals surface area contributed by atoms with Crippen LogP contribution >= 0.6 is 11.3 Å². The molecule has 0 aliphatic carbocycles. The molecule has 0 radical (unpaired) electrons. The number of aromatic amines is 1. The smallest absolute Gasteiger partial charge is 0.230 e. The zero-order valence-corrected chi connectivity index (χ0v) is 12.8. The first-order valence-corrected chi connectivity index (χ1v) is 7.28. The number of thiazole rings is 1. The third-order valence-electron chi connectivity index (χ3n) is 2.74. The highest BCUT2D eigenvalue weighted by atomic mass is 32.1. The molecule has 2 N–H and O–H groups in total. The van der Waals surface area contributed by atoms with Gasteiger partial charge in [0.05, 0.1) is 12.0 Å². The van der Waals surface area contributed by atoms with E-state index >= 15 is 0 Å². The second kappa shape index (κ2) is 7.20. The zero-order valence-electron chi connectivity index (χ0n) is 12.0. The molecule has 0 aliphatic rings. The summed E-state index contributed by atoms with van der Waals surface area (Å²) in [5, 5.41) is 11.0. The number of hydrogen-bond acceptors (Lipinski definition) is 7. The van der Waals surface area contributed by atoms with Crippen LogP contribution in [-0.4, -0.2) is 47.9 Å². The third kappa shape index (κ3) is 3.91. The molecule has 7 nitrogen and oxygen atoms in total. The minimum absolute atomic E-state index is 0.710. The van der Waals surface area contributed by atoms with Crippen LogP contribution in [0.1, 0.15) is 17.1 Å². The van der Waals surface area contributed by atoms with E-state index < -0.39 is 0 Å². The largest absolute Gasteiger partial charge is 0.480 e. The summed E-state index contributed by atoms with van der Waals surface area (Å²) in [6.07, 6.45) is 3.44. The highest BCUT2D eigenvalue weighted by Crippen LogP contribution is 2.30. The molecule has 0 fully saturated rings. The molecule has 0 amide bonds. The molecule has 8 heteroatoms. The van der Waals surface area contributed by atoms with Crippen LogP contribution in [0.2, 0.25) is 0 Å². The molecule has 2 aromatic heterocycles. The third-order valence-corrected chi connectivity index (χ3v) is 3.95. The summed E-state index contributed by atoms with van der Waals surface area (Å²) in [4.78, 5) is 11.6. The number of hydrogen-bond donors (Lipinski definition) is 2. The van der Waals surface area contributed by atoms with Gasteiger partial charge < -0.3 is 15.0 Å². The van der Waals surface area contributed by atoms with E-state index in [1.165, 1.54) is 6.33 Å². The van der Waals surface area contributed by atoms with Crippen molar-refractivity contribution in [1.82, 2.24) is 25.5 Å². The molecule has 0 saturated heterocycles. The molecular weight excluding hydrogens is 276 g/mol. The number of ether oxygens (including phenoxy) is 1. The second-order valence-corrected chi connectivity index (χ2v) is 5.60. The summed E-state index contributed by atoms with van der Waals surface area (Å²) in [5.74, 6) is 1.64. The van der Waals surface area contributed by atoms with Gasteiger partial charge in [-0.25, -0.2) is 4.98 Å². The lowest BCUT2D eigenvalue weighted by Crippen LogP contribution is -2.15. The predicted octanol–water partition coefficient (Wildman–Crippen LogP) is 1.06. The van der Waals surface area contributed by atoms with Crippen LogP contribution in [0.15, 0.2) is 6.33 Å². The average Bonchev–Trinajstić information content (AvgIpc) is 3.07. The van der Waals surface area contributed by atoms with E-state index in [9.17, 15) is 0 Å². The molecule has 0 spiro atoms. The van der Waals surface area contributed by atoms with Crippen molar-refractivity contribution >= 4 is 16.5 Å².